The van der Waals surface area contributed by atoms with Gasteiger partial charge in [-0.1, -0.05) is 30.3 Å². The van der Waals surface area contributed by atoms with Gasteiger partial charge >= 0.3 is 0 Å². The van der Waals surface area contributed by atoms with Gasteiger partial charge in [0, 0.05) is 19.6 Å². The van der Waals surface area contributed by atoms with E-state index < -0.39 is 0 Å². The van der Waals surface area contributed by atoms with Gasteiger partial charge in [-0.3, -0.25) is 0 Å². The molecular formula is C14H22N2. The maximum absolute atomic E-state index is 3.31. The molecule has 1 aliphatic carbocycles. The molecular weight excluding hydrogens is 196 g/mol. The molecule has 0 atom stereocenters. The first kappa shape index (κ1) is 11.6. The lowest BCUT2D eigenvalue weighted by atomic mass is 10.1. The molecule has 16 heavy (non-hydrogen) atoms. The van der Waals surface area contributed by atoms with Crippen molar-refractivity contribution in [3.05, 3.63) is 35.9 Å². The molecule has 2 heteroatoms. The summed E-state index contributed by atoms with van der Waals surface area (Å²) in [5.41, 5.74) is 1.98. The van der Waals surface area contributed by atoms with E-state index in [-0.39, 0.29) is 0 Å². The van der Waals surface area contributed by atoms with Gasteiger partial charge in [0.2, 0.25) is 0 Å². The van der Waals surface area contributed by atoms with E-state index in [9.17, 15) is 0 Å². The van der Waals surface area contributed by atoms with E-state index in [0.717, 1.165) is 13.1 Å². The van der Waals surface area contributed by atoms with Crippen LogP contribution in [0.4, 0.5) is 0 Å². The Labute approximate surface area is 98.7 Å². The highest BCUT2D eigenvalue weighted by Crippen LogP contribution is 2.45. The summed E-state index contributed by atoms with van der Waals surface area (Å²) in [7, 11) is 4.28. The predicted octanol–water partition coefficient (Wildman–Crippen LogP) is 2.12. The molecule has 0 bridgehead atoms. The van der Waals surface area contributed by atoms with Gasteiger partial charge in [-0.15, -0.1) is 0 Å². The van der Waals surface area contributed by atoms with Gasteiger partial charge in [0.05, 0.1) is 0 Å². The zero-order chi connectivity index (χ0) is 11.4. The van der Waals surface area contributed by atoms with Crippen LogP contribution in [-0.2, 0) is 6.54 Å². The molecule has 1 aromatic carbocycles. The van der Waals surface area contributed by atoms with Crippen LogP contribution in [-0.4, -0.2) is 32.1 Å². The minimum absolute atomic E-state index is 0.568. The van der Waals surface area contributed by atoms with Crippen LogP contribution in [0.15, 0.2) is 30.3 Å². The molecule has 0 heterocycles. The van der Waals surface area contributed by atoms with E-state index in [0.29, 0.717) is 5.41 Å². The van der Waals surface area contributed by atoms with E-state index in [4.69, 9.17) is 0 Å². The molecule has 0 aromatic heterocycles. The number of benzene rings is 1. The quantitative estimate of drug-likeness (QED) is 0.787. The lowest BCUT2D eigenvalue weighted by Crippen LogP contribution is -2.32. The van der Waals surface area contributed by atoms with Gasteiger partial charge in [-0.2, -0.15) is 0 Å². The first-order valence-electron chi connectivity index (χ1n) is 6.11. The average Bonchev–Trinajstić information content (AvgIpc) is 2.99. The smallest absolute Gasteiger partial charge is 0.0230 e. The summed E-state index contributed by atoms with van der Waals surface area (Å²) < 4.78 is 0. The van der Waals surface area contributed by atoms with Crippen molar-refractivity contribution in [2.45, 2.75) is 19.4 Å². The highest BCUT2D eigenvalue weighted by molar-refractivity contribution is 5.14. The van der Waals surface area contributed by atoms with Crippen LogP contribution in [0.2, 0.25) is 0 Å². The van der Waals surface area contributed by atoms with Crippen LogP contribution < -0.4 is 5.32 Å². The fourth-order valence-electron chi connectivity index (χ4n) is 2.47. The second kappa shape index (κ2) is 4.98. The molecule has 1 aromatic rings. The fraction of sp³-hybridized carbons (Fsp3) is 0.571. The van der Waals surface area contributed by atoms with E-state index in [2.05, 4.69) is 54.6 Å². The maximum atomic E-state index is 3.31. The molecule has 0 saturated heterocycles. The van der Waals surface area contributed by atoms with E-state index in [1.54, 1.807) is 0 Å². The molecule has 1 fully saturated rings. The van der Waals surface area contributed by atoms with Gasteiger partial charge in [0.25, 0.3) is 0 Å². The van der Waals surface area contributed by atoms with Crippen LogP contribution >= 0.6 is 0 Å². The summed E-state index contributed by atoms with van der Waals surface area (Å²) >= 11 is 0. The number of hydrogen-bond acceptors (Lipinski definition) is 2. The summed E-state index contributed by atoms with van der Waals surface area (Å²) in [6, 6.07) is 10.7. The average molecular weight is 218 g/mol. The van der Waals surface area contributed by atoms with Crippen LogP contribution in [0, 0.1) is 5.41 Å². The van der Waals surface area contributed by atoms with Crippen LogP contribution in [0.1, 0.15) is 18.4 Å². The maximum Gasteiger partial charge on any atom is 0.0230 e. The molecule has 88 valence electrons. The second-order valence-electron chi connectivity index (χ2n) is 5.19. The van der Waals surface area contributed by atoms with E-state index >= 15 is 0 Å². The first-order chi connectivity index (χ1) is 7.74. The van der Waals surface area contributed by atoms with E-state index in [1.807, 2.05) is 0 Å². The van der Waals surface area contributed by atoms with Gasteiger partial charge in [0.15, 0.2) is 0 Å². The van der Waals surface area contributed by atoms with Gasteiger partial charge in [0.1, 0.15) is 0 Å². The summed E-state index contributed by atoms with van der Waals surface area (Å²) in [6.07, 6.45) is 2.76. The summed E-state index contributed by atoms with van der Waals surface area (Å²) in [5, 5.41) is 3.31. The van der Waals surface area contributed by atoms with Gasteiger partial charge in [-0.05, 0) is 37.9 Å². The minimum Gasteiger partial charge on any atom is -0.319 e. The van der Waals surface area contributed by atoms with Crippen molar-refractivity contribution in [3.8, 4) is 0 Å². The van der Waals surface area contributed by atoms with Crippen molar-refractivity contribution in [3.63, 3.8) is 0 Å². The van der Waals surface area contributed by atoms with Crippen molar-refractivity contribution in [2.75, 3.05) is 27.2 Å². The molecule has 1 N–H and O–H groups in total. The van der Waals surface area contributed by atoms with Gasteiger partial charge in [-0.25, -0.2) is 0 Å². The fourth-order valence-corrected chi connectivity index (χ4v) is 2.47. The summed E-state index contributed by atoms with van der Waals surface area (Å²) in [6.45, 7) is 3.43. The highest BCUT2D eigenvalue weighted by atomic mass is 15.1. The topological polar surface area (TPSA) is 15.3 Å². The minimum atomic E-state index is 0.568. The summed E-state index contributed by atoms with van der Waals surface area (Å²) in [4.78, 5) is 2.44. The SMILES string of the molecule is CNCC1(CN(C)Cc2ccccc2)CC1. The zero-order valence-electron chi connectivity index (χ0n) is 10.4. The van der Waals surface area contributed by atoms with Crippen molar-refractivity contribution in [2.24, 2.45) is 5.41 Å². The highest BCUT2D eigenvalue weighted by Gasteiger charge is 2.42. The number of nitrogens with one attached hydrogen (secondary N) is 1. The normalized spacial score (nSPS) is 17.7. The first-order valence-corrected chi connectivity index (χ1v) is 6.11. The predicted molar refractivity (Wildman–Crippen MR) is 68.4 cm³/mol. The molecule has 0 radical (unpaired) electrons. The van der Waals surface area contributed by atoms with Crippen LogP contribution in [0.3, 0.4) is 0 Å². The lowest BCUT2D eigenvalue weighted by Gasteiger charge is -2.23. The molecule has 0 unspecified atom stereocenters. The van der Waals surface area contributed by atoms with Crippen molar-refractivity contribution >= 4 is 0 Å². The van der Waals surface area contributed by atoms with Gasteiger partial charge < -0.3 is 10.2 Å². The molecule has 0 aliphatic heterocycles. The molecule has 0 amide bonds. The van der Waals surface area contributed by atoms with Crippen LogP contribution in [0.5, 0.6) is 0 Å². The largest absolute Gasteiger partial charge is 0.319 e. The molecule has 2 nitrogen and oxygen atoms in total. The van der Waals surface area contributed by atoms with Crippen molar-refractivity contribution in [1.82, 2.24) is 10.2 Å². The third-order valence-electron chi connectivity index (χ3n) is 3.41. The standard InChI is InChI=1S/C14H22N2/c1-15-11-14(8-9-14)12-16(2)10-13-6-4-3-5-7-13/h3-7,15H,8-12H2,1-2H3. The monoisotopic (exact) mass is 218 g/mol. The van der Waals surface area contributed by atoms with Crippen LogP contribution in [0.25, 0.3) is 0 Å². The Morgan fingerprint density at radius 3 is 2.50 bits per heavy atom. The Morgan fingerprint density at radius 2 is 1.94 bits per heavy atom. The van der Waals surface area contributed by atoms with E-state index in [1.165, 1.54) is 24.9 Å². The Morgan fingerprint density at radius 1 is 1.25 bits per heavy atom. The second-order valence-corrected chi connectivity index (χ2v) is 5.19. The number of nitrogens with zero attached hydrogens (tertiary/aromatic N) is 1. The zero-order valence-corrected chi connectivity index (χ0v) is 10.4. The third-order valence-corrected chi connectivity index (χ3v) is 3.41. The Balaban J connectivity index is 1.83. The van der Waals surface area contributed by atoms with Crippen molar-refractivity contribution in [1.29, 1.82) is 0 Å². The van der Waals surface area contributed by atoms with Crippen molar-refractivity contribution < 1.29 is 0 Å². The Kier molecular flexibility index (Phi) is 3.62. The summed E-state index contributed by atoms with van der Waals surface area (Å²) in [5.74, 6) is 0. The Bertz CT molecular complexity index is 317. The molecule has 1 aliphatic rings. The number of hydrogen-bond donors (Lipinski definition) is 1. The molecule has 1 saturated carbocycles. The third kappa shape index (κ3) is 3.06. The Hall–Kier alpha value is -0.860. The molecule has 0 spiro atoms. The lowest BCUT2D eigenvalue weighted by molar-refractivity contribution is 0.252. The molecule has 2 rings (SSSR count). The number of rotatable bonds is 6.